The van der Waals surface area contributed by atoms with Crippen LogP contribution in [-0.2, 0) is 11.2 Å². The van der Waals surface area contributed by atoms with Crippen molar-refractivity contribution in [2.75, 3.05) is 14.2 Å². The Morgan fingerprint density at radius 3 is 2.50 bits per heavy atom. The summed E-state index contributed by atoms with van der Waals surface area (Å²) in [7, 11) is 3.81. The van der Waals surface area contributed by atoms with Gasteiger partial charge in [0, 0.05) is 13.2 Å². The van der Waals surface area contributed by atoms with Crippen molar-refractivity contribution in [1.82, 2.24) is 5.32 Å². The molecule has 2 heteroatoms. The highest BCUT2D eigenvalue weighted by molar-refractivity contribution is 5.31. The number of nitrogens with one attached hydrogen (secondary N) is 1. The minimum Gasteiger partial charge on any atom is -0.379 e. The maximum absolute atomic E-state index is 5.52. The summed E-state index contributed by atoms with van der Waals surface area (Å²) in [5, 5.41) is 3.41. The number of methoxy groups -OCH3 is 1. The van der Waals surface area contributed by atoms with Crippen molar-refractivity contribution >= 4 is 0 Å². The quantitative estimate of drug-likeness (QED) is 0.835. The van der Waals surface area contributed by atoms with Crippen LogP contribution >= 0.6 is 0 Å². The van der Waals surface area contributed by atoms with Crippen LogP contribution in [0.15, 0.2) is 18.2 Å². The fourth-order valence-electron chi connectivity index (χ4n) is 2.24. The summed E-state index contributed by atoms with van der Waals surface area (Å²) in [6.07, 6.45) is 2.06. The van der Waals surface area contributed by atoms with E-state index >= 15 is 0 Å². The third-order valence-corrected chi connectivity index (χ3v) is 3.67. The minimum absolute atomic E-state index is 0.0780. The molecule has 18 heavy (non-hydrogen) atoms. The standard InChI is InChI=1S/C16H27NO/c1-12-7-8-13(2)14(9-12)10-15(17-5)11-16(3,4)18-6/h7-9,15,17H,10-11H2,1-6H3. The van der Waals surface area contributed by atoms with Crippen molar-refractivity contribution in [3.8, 4) is 0 Å². The zero-order valence-electron chi connectivity index (χ0n) is 12.6. The van der Waals surface area contributed by atoms with Gasteiger partial charge in [-0.15, -0.1) is 0 Å². The average molecular weight is 249 g/mol. The molecule has 2 nitrogen and oxygen atoms in total. The highest BCUT2D eigenvalue weighted by atomic mass is 16.5. The molecule has 0 saturated carbocycles. The zero-order valence-corrected chi connectivity index (χ0v) is 12.6. The molecule has 0 aromatic heterocycles. The van der Waals surface area contributed by atoms with Crippen molar-refractivity contribution < 1.29 is 4.74 Å². The van der Waals surface area contributed by atoms with Crippen molar-refractivity contribution in [1.29, 1.82) is 0 Å². The first kappa shape index (κ1) is 15.2. The molecule has 1 aromatic rings. The average Bonchev–Trinajstić information content (AvgIpc) is 2.32. The fourth-order valence-corrected chi connectivity index (χ4v) is 2.24. The molecule has 1 N–H and O–H groups in total. The van der Waals surface area contributed by atoms with Gasteiger partial charge in [-0.2, -0.15) is 0 Å². The molecular weight excluding hydrogens is 222 g/mol. The van der Waals surface area contributed by atoms with Gasteiger partial charge in [0.25, 0.3) is 0 Å². The Bertz CT molecular complexity index is 385. The van der Waals surface area contributed by atoms with Crippen LogP contribution in [0.1, 0.15) is 37.0 Å². The number of hydrogen-bond acceptors (Lipinski definition) is 2. The molecule has 102 valence electrons. The van der Waals surface area contributed by atoms with E-state index in [2.05, 4.69) is 51.2 Å². The van der Waals surface area contributed by atoms with Gasteiger partial charge in [-0.3, -0.25) is 0 Å². The second kappa shape index (κ2) is 6.35. The Morgan fingerprint density at radius 1 is 1.28 bits per heavy atom. The van der Waals surface area contributed by atoms with Crippen molar-refractivity contribution in [2.24, 2.45) is 0 Å². The van der Waals surface area contributed by atoms with E-state index in [-0.39, 0.29) is 5.60 Å². The van der Waals surface area contributed by atoms with Crippen LogP contribution in [0.2, 0.25) is 0 Å². The molecule has 0 bridgehead atoms. The molecule has 0 aliphatic rings. The number of rotatable bonds is 6. The van der Waals surface area contributed by atoms with Gasteiger partial charge < -0.3 is 10.1 Å². The molecule has 0 radical (unpaired) electrons. The molecule has 1 unspecified atom stereocenters. The molecule has 1 atom stereocenters. The van der Waals surface area contributed by atoms with Gasteiger partial charge in [0.05, 0.1) is 5.60 Å². The molecule has 0 aliphatic carbocycles. The third-order valence-electron chi connectivity index (χ3n) is 3.67. The third kappa shape index (κ3) is 4.43. The maximum Gasteiger partial charge on any atom is 0.0637 e. The van der Waals surface area contributed by atoms with Gasteiger partial charge in [0.15, 0.2) is 0 Å². The van der Waals surface area contributed by atoms with Gasteiger partial charge >= 0.3 is 0 Å². The fraction of sp³-hybridized carbons (Fsp3) is 0.625. The van der Waals surface area contributed by atoms with E-state index in [1.807, 2.05) is 7.05 Å². The van der Waals surface area contributed by atoms with Crippen LogP contribution in [0.4, 0.5) is 0 Å². The van der Waals surface area contributed by atoms with Gasteiger partial charge in [0.2, 0.25) is 0 Å². The summed E-state index contributed by atoms with van der Waals surface area (Å²) in [6.45, 7) is 8.61. The summed E-state index contributed by atoms with van der Waals surface area (Å²) >= 11 is 0. The second-order valence-electron chi connectivity index (χ2n) is 5.79. The highest BCUT2D eigenvalue weighted by Gasteiger charge is 2.22. The van der Waals surface area contributed by atoms with Crippen molar-refractivity contribution in [2.45, 2.75) is 52.2 Å². The molecule has 0 aliphatic heterocycles. The summed E-state index contributed by atoms with van der Waals surface area (Å²) < 4.78 is 5.52. The molecule has 0 spiro atoms. The molecule has 0 fully saturated rings. The van der Waals surface area contributed by atoms with Crippen molar-refractivity contribution in [3.05, 3.63) is 34.9 Å². The van der Waals surface area contributed by atoms with Gasteiger partial charge in [-0.05, 0) is 58.7 Å². The van der Waals surface area contributed by atoms with Crippen LogP contribution in [0.5, 0.6) is 0 Å². The summed E-state index contributed by atoms with van der Waals surface area (Å²) in [5.74, 6) is 0. The van der Waals surface area contributed by atoms with E-state index in [4.69, 9.17) is 4.74 Å². The first-order valence-corrected chi connectivity index (χ1v) is 6.66. The molecule has 1 aromatic carbocycles. The van der Waals surface area contributed by atoms with E-state index in [0.29, 0.717) is 6.04 Å². The Labute approximate surface area is 112 Å². The van der Waals surface area contributed by atoms with Crippen LogP contribution < -0.4 is 5.32 Å². The second-order valence-corrected chi connectivity index (χ2v) is 5.79. The lowest BCUT2D eigenvalue weighted by atomic mass is 9.92. The highest BCUT2D eigenvalue weighted by Crippen LogP contribution is 2.20. The lowest BCUT2D eigenvalue weighted by Crippen LogP contribution is -2.37. The predicted molar refractivity (Wildman–Crippen MR) is 78.2 cm³/mol. The van der Waals surface area contributed by atoms with Crippen LogP contribution in [-0.4, -0.2) is 25.8 Å². The number of likely N-dealkylation sites (N-methyl/N-ethyl adjacent to an activating group) is 1. The number of aryl methyl sites for hydroxylation is 2. The molecular formula is C16H27NO. The number of benzene rings is 1. The first-order chi connectivity index (χ1) is 8.38. The van der Waals surface area contributed by atoms with Crippen LogP contribution in [0.3, 0.4) is 0 Å². The summed E-state index contributed by atoms with van der Waals surface area (Å²) in [5.41, 5.74) is 4.06. The van der Waals surface area contributed by atoms with Crippen LogP contribution in [0, 0.1) is 13.8 Å². The lowest BCUT2D eigenvalue weighted by Gasteiger charge is -2.29. The smallest absolute Gasteiger partial charge is 0.0637 e. The summed E-state index contributed by atoms with van der Waals surface area (Å²) in [6, 6.07) is 7.12. The topological polar surface area (TPSA) is 21.3 Å². The number of hydrogen-bond donors (Lipinski definition) is 1. The normalized spacial score (nSPS) is 13.7. The Balaban J connectivity index is 2.77. The predicted octanol–water partition coefficient (Wildman–Crippen LogP) is 3.25. The SMILES string of the molecule is CNC(Cc1cc(C)ccc1C)CC(C)(C)OC. The van der Waals surface area contributed by atoms with Crippen molar-refractivity contribution in [3.63, 3.8) is 0 Å². The van der Waals surface area contributed by atoms with E-state index in [9.17, 15) is 0 Å². The van der Waals surface area contributed by atoms with E-state index in [0.717, 1.165) is 12.8 Å². The van der Waals surface area contributed by atoms with E-state index in [1.54, 1.807) is 7.11 Å². The first-order valence-electron chi connectivity index (χ1n) is 6.66. The Kier molecular flexibility index (Phi) is 5.36. The lowest BCUT2D eigenvalue weighted by molar-refractivity contribution is 0.00771. The summed E-state index contributed by atoms with van der Waals surface area (Å²) in [4.78, 5) is 0. The van der Waals surface area contributed by atoms with E-state index < -0.39 is 0 Å². The van der Waals surface area contributed by atoms with E-state index in [1.165, 1.54) is 16.7 Å². The van der Waals surface area contributed by atoms with Gasteiger partial charge in [-0.1, -0.05) is 23.8 Å². The number of ether oxygens (including phenoxy) is 1. The molecule has 0 saturated heterocycles. The Hall–Kier alpha value is -0.860. The maximum atomic E-state index is 5.52. The minimum atomic E-state index is -0.0780. The zero-order chi connectivity index (χ0) is 13.8. The van der Waals surface area contributed by atoms with Gasteiger partial charge in [0.1, 0.15) is 0 Å². The van der Waals surface area contributed by atoms with Crippen LogP contribution in [0.25, 0.3) is 0 Å². The molecule has 0 heterocycles. The van der Waals surface area contributed by atoms with Gasteiger partial charge in [-0.25, -0.2) is 0 Å². The largest absolute Gasteiger partial charge is 0.379 e. The molecule has 1 rings (SSSR count). The monoisotopic (exact) mass is 249 g/mol. The molecule has 0 amide bonds. The Morgan fingerprint density at radius 2 is 1.94 bits per heavy atom.